The Hall–Kier alpha value is -1.37. The predicted octanol–water partition coefficient (Wildman–Crippen LogP) is 5.38. The van der Waals surface area contributed by atoms with Crippen molar-refractivity contribution in [3.8, 4) is 0 Å². The largest absolute Gasteiger partial charge is 0.303 e. The summed E-state index contributed by atoms with van der Waals surface area (Å²) in [7, 11) is 0. The number of carbonyl (C=O) groups excluding carboxylic acids is 1. The van der Waals surface area contributed by atoms with E-state index in [1.807, 2.05) is 6.07 Å². The van der Waals surface area contributed by atoms with Crippen LogP contribution in [0.3, 0.4) is 0 Å². The van der Waals surface area contributed by atoms with Crippen molar-refractivity contribution in [3.05, 3.63) is 48.0 Å². The number of benzene rings is 1. The number of allylic oxidation sites excluding steroid dienone is 2. The number of aldehydes is 1. The quantitative estimate of drug-likeness (QED) is 0.335. The molecule has 0 aromatic heterocycles. The van der Waals surface area contributed by atoms with E-state index < -0.39 is 0 Å². The van der Waals surface area contributed by atoms with Crippen LogP contribution < -0.4 is 0 Å². The van der Waals surface area contributed by atoms with Crippen LogP contribution >= 0.6 is 0 Å². The van der Waals surface area contributed by atoms with E-state index in [4.69, 9.17) is 0 Å². The molecule has 0 aliphatic rings. The van der Waals surface area contributed by atoms with Gasteiger partial charge in [0.05, 0.1) is 0 Å². The topological polar surface area (TPSA) is 17.1 Å². The van der Waals surface area contributed by atoms with Crippen LogP contribution in [0.15, 0.2) is 42.5 Å². The summed E-state index contributed by atoms with van der Waals surface area (Å²) < 4.78 is 0. The lowest BCUT2D eigenvalue weighted by atomic mass is 9.77. The van der Waals surface area contributed by atoms with E-state index in [0.29, 0.717) is 24.2 Å². The van der Waals surface area contributed by atoms with Crippen molar-refractivity contribution in [2.45, 2.75) is 52.4 Å². The first-order valence-corrected chi connectivity index (χ1v) is 7.85. The molecule has 0 spiro atoms. The zero-order valence-corrected chi connectivity index (χ0v) is 13.1. The van der Waals surface area contributed by atoms with Crippen molar-refractivity contribution in [2.75, 3.05) is 0 Å². The monoisotopic (exact) mass is 272 g/mol. The molecule has 0 aliphatic heterocycles. The van der Waals surface area contributed by atoms with E-state index in [9.17, 15) is 4.79 Å². The molecule has 0 heterocycles. The summed E-state index contributed by atoms with van der Waals surface area (Å²) in [6, 6.07) is 10.4. The highest BCUT2D eigenvalue weighted by Crippen LogP contribution is 2.33. The summed E-state index contributed by atoms with van der Waals surface area (Å²) in [6.07, 6.45) is 9.91. The van der Waals surface area contributed by atoms with E-state index >= 15 is 0 Å². The van der Waals surface area contributed by atoms with Crippen LogP contribution in [0.25, 0.3) is 0 Å². The highest BCUT2D eigenvalue weighted by molar-refractivity contribution is 5.52. The Balaban J connectivity index is 2.88. The molecule has 110 valence electrons. The Morgan fingerprint density at radius 3 is 2.40 bits per heavy atom. The molecule has 0 saturated heterocycles. The van der Waals surface area contributed by atoms with Gasteiger partial charge in [-0.2, -0.15) is 0 Å². The average Bonchev–Trinajstić information content (AvgIpc) is 2.46. The molecule has 1 aromatic rings. The SMILES string of the molecule is CCCC/C=C/C(C(C)C)C(CC=O)c1ccccc1. The summed E-state index contributed by atoms with van der Waals surface area (Å²) in [5, 5.41) is 0. The number of unbranched alkanes of at least 4 members (excludes halogenated alkanes) is 2. The Bertz CT molecular complexity index is 391. The molecular formula is C19H28O. The van der Waals surface area contributed by atoms with Crippen LogP contribution in [0, 0.1) is 11.8 Å². The first-order valence-electron chi connectivity index (χ1n) is 7.85. The van der Waals surface area contributed by atoms with Crippen molar-refractivity contribution in [2.24, 2.45) is 11.8 Å². The maximum Gasteiger partial charge on any atom is 0.120 e. The third-order valence-electron chi connectivity index (χ3n) is 3.89. The molecule has 2 atom stereocenters. The molecular weight excluding hydrogens is 244 g/mol. The van der Waals surface area contributed by atoms with Crippen LogP contribution in [-0.2, 0) is 4.79 Å². The second-order valence-corrected chi connectivity index (χ2v) is 5.81. The molecule has 0 saturated carbocycles. The van der Waals surface area contributed by atoms with Crippen LogP contribution in [0.1, 0.15) is 57.9 Å². The maximum absolute atomic E-state index is 11.1. The smallest absolute Gasteiger partial charge is 0.120 e. The van der Waals surface area contributed by atoms with Gasteiger partial charge < -0.3 is 4.79 Å². The number of carbonyl (C=O) groups is 1. The van der Waals surface area contributed by atoms with Crippen LogP contribution in [0.5, 0.6) is 0 Å². The van der Waals surface area contributed by atoms with Gasteiger partial charge in [-0.15, -0.1) is 0 Å². The van der Waals surface area contributed by atoms with Gasteiger partial charge in [-0.05, 0) is 29.7 Å². The van der Waals surface area contributed by atoms with Gasteiger partial charge in [0.15, 0.2) is 0 Å². The van der Waals surface area contributed by atoms with Crippen LogP contribution in [0.2, 0.25) is 0 Å². The zero-order valence-electron chi connectivity index (χ0n) is 13.1. The summed E-state index contributed by atoms with van der Waals surface area (Å²) in [6.45, 7) is 6.71. The van der Waals surface area contributed by atoms with Gasteiger partial charge in [-0.25, -0.2) is 0 Å². The van der Waals surface area contributed by atoms with E-state index in [1.54, 1.807) is 0 Å². The van der Waals surface area contributed by atoms with E-state index in [2.05, 4.69) is 57.2 Å². The van der Waals surface area contributed by atoms with Crippen molar-refractivity contribution in [1.82, 2.24) is 0 Å². The van der Waals surface area contributed by atoms with Gasteiger partial charge in [0.1, 0.15) is 6.29 Å². The van der Waals surface area contributed by atoms with Crippen molar-refractivity contribution in [1.29, 1.82) is 0 Å². The summed E-state index contributed by atoms with van der Waals surface area (Å²) in [4.78, 5) is 11.1. The lowest BCUT2D eigenvalue weighted by Gasteiger charge is -2.27. The fourth-order valence-electron chi connectivity index (χ4n) is 2.72. The van der Waals surface area contributed by atoms with Crippen molar-refractivity contribution >= 4 is 6.29 Å². The highest BCUT2D eigenvalue weighted by atomic mass is 16.1. The third-order valence-corrected chi connectivity index (χ3v) is 3.89. The fraction of sp³-hybridized carbons (Fsp3) is 0.526. The second kappa shape index (κ2) is 9.52. The molecule has 0 amide bonds. The maximum atomic E-state index is 11.1. The normalized spacial score (nSPS) is 14.6. The van der Waals surface area contributed by atoms with Gasteiger partial charge in [0, 0.05) is 6.42 Å². The summed E-state index contributed by atoms with van der Waals surface area (Å²) in [5.41, 5.74) is 1.28. The predicted molar refractivity (Wildman–Crippen MR) is 86.9 cm³/mol. The molecule has 0 radical (unpaired) electrons. The fourth-order valence-corrected chi connectivity index (χ4v) is 2.72. The summed E-state index contributed by atoms with van der Waals surface area (Å²) >= 11 is 0. The molecule has 2 unspecified atom stereocenters. The number of hydrogen-bond donors (Lipinski definition) is 0. The van der Waals surface area contributed by atoms with Crippen LogP contribution in [0.4, 0.5) is 0 Å². The Morgan fingerprint density at radius 1 is 1.15 bits per heavy atom. The Labute approximate surface area is 124 Å². The minimum absolute atomic E-state index is 0.298. The first-order chi connectivity index (χ1) is 9.70. The Morgan fingerprint density at radius 2 is 1.85 bits per heavy atom. The molecule has 0 fully saturated rings. The van der Waals surface area contributed by atoms with Gasteiger partial charge in [-0.3, -0.25) is 0 Å². The molecule has 1 rings (SSSR count). The Kier molecular flexibility index (Phi) is 7.94. The highest BCUT2D eigenvalue weighted by Gasteiger charge is 2.23. The molecule has 1 aromatic carbocycles. The minimum atomic E-state index is 0.298. The van der Waals surface area contributed by atoms with Gasteiger partial charge in [-0.1, -0.05) is 76.1 Å². The average molecular weight is 272 g/mol. The van der Waals surface area contributed by atoms with E-state index in [0.717, 1.165) is 12.7 Å². The zero-order chi connectivity index (χ0) is 14.8. The summed E-state index contributed by atoms with van der Waals surface area (Å²) in [5.74, 6) is 1.27. The molecule has 20 heavy (non-hydrogen) atoms. The molecule has 0 aliphatic carbocycles. The number of rotatable bonds is 9. The molecule has 0 bridgehead atoms. The standard InChI is InChI=1S/C19H28O/c1-4-5-6-10-13-18(16(2)3)19(14-15-20)17-11-8-7-9-12-17/h7-13,15-16,18-19H,4-6,14H2,1-3H3/b13-10+. The lowest BCUT2D eigenvalue weighted by molar-refractivity contribution is -0.108. The van der Waals surface area contributed by atoms with Gasteiger partial charge >= 0.3 is 0 Å². The van der Waals surface area contributed by atoms with Crippen LogP contribution in [-0.4, -0.2) is 6.29 Å². The van der Waals surface area contributed by atoms with Crippen molar-refractivity contribution < 1.29 is 4.79 Å². The molecule has 1 heteroatoms. The van der Waals surface area contributed by atoms with Gasteiger partial charge in [0.2, 0.25) is 0 Å². The van der Waals surface area contributed by atoms with Gasteiger partial charge in [0.25, 0.3) is 0 Å². The molecule has 1 nitrogen and oxygen atoms in total. The number of hydrogen-bond acceptors (Lipinski definition) is 1. The minimum Gasteiger partial charge on any atom is -0.303 e. The lowest BCUT2D eigenvalue weighted by Crippen LogP contribution is -2.17. The first kappa shape index (κ1) is 16.7. The second-order valence-electron chi connectivity index (χ2n) is 5.81. The van der Waals surface area contributed by atoms with E-state index in [-0.39, 0.29) is 0 Å². The molecule has 0 N–H and O–H groups in total. The van der Waals surface area contributed by atoms with Crippen molar-refractivity contribution in [3.63, 3.8) is 0 Å². The third kappa shape index (κ3) is 5.32. The van der Waals surface area contributed by atoms with E-state index in [1.165, 1.54) is 18.4 Å².